The van der Waals surface area contributed by atoms with Gasteiger partial charge in [0.25, 0.3) is 0 Å². The molecular weight excluding hydrogens is 170 g/mol. The molecule has 0 unspecified atom stereocenters. The zero-order chi connectivity index (χ0) is 9.42. The van der Waals surface area contributed by atoms with Gasteiger partial charge in [0.15, 0.2) is 0 Å². The van der Waals surface area contributed by atoms with Crippen LogP contribution in [0.1, 0.15) is 0 Å². The smallest absolute Gasteiger partial charge is 0.239 e. The minimum Gasteiger partial charge on any atom is -0.239 e. The summed E-state index contributed by atoms with van der Waals surface area (Å²) in [6.45, 7) is 0. The summed E-state index contributed by atoms with van der Waals surface area (Å²) < 4.78 is 0.636. The number of hydrogen-bond donors (Lipinski definition) is 1. The van der Waals surface area contributed by atoms with Gasteiger partial charge in [0.2, 0.25) is 5.52 Å². The number of aryl methyl sites for hydroxylation is 1. The summed E-state index contributed by atoms with van der Waals surface area (Å²) in [6, 6.07) is 6.66. The van der Waals surface area contributed by atoms with Crippen molar-refractivity contribution in [3.63, 3.8) is 0 Å². The molecule has 2 aromatic rings. The van der Waals surface area contributed by atoms with Gasteiger partial charge < -0.3 is 0 Å². The van der Waals surface area contributed by atoms with Gasteiger partial charge in [-0.3, -0.25) is 0 Å². The molecule has 0 spiro atoms. The Balaban J connectivity index is 3.15. The molecule has 1 N–H and O–H groups in total. The highest BCUT2D eigenvalue weighted by Crippen LogP contribution is 2.00. The van der Waals surface area contributed by atoms with E-state index in [0.29, 0.717) is 15.4 Å². The lowest BCUT2D eigenvalue weighted by atomic mass is 10.2. The molecule has 1 heterocycles. The van der Waals surface area contributed by atoms with Crippen LogP contribution in [0.4, 0.5) is 0 Å². The molecule has 0 amide bonds. The van der Waals surface area contributed by atoms with Gasteiger partial charge in [0.1, 0.15) is 5.39 Å². The van der Waals surface area contributed by atoms with E-state index >= 15 is 0 Å². The third-order valence-electron chi connectivity index (χ3n) is 1.89. The first-order chi connectivity index (χ1) is 6.20. The van der Waals surface area contributed by atoms with Crippen LogP contribution < -0.4 is 10.1 Å². The summed E-state index contributed by atoms with van der Waals surface area (Å²) in [5, 5.41) is 2.79. The lowest BCUT2D eigenvalue weighted by Crippen LogP contribution is -2.36. The Bertz CT molecular complexity index is 567. The molecule has 2 rings (SSSR count). The maximum Gasteiger partial charge on any atom is 0.361 e. The van der Waals surface area contributed by atoms with Gasteiger partial charge in [0.05, 0.1) is 11.6 Å². The Morgan fingerprint density at radius 1 is 1.38 bits per heavy atom. The summed E-state index contributed by atoms with van der Waals surface area (Å²) in [5.41, 5.74) is 0.110. The number of H-pyrrole nitrogens is 1. The molecule has 66 valence electrons. The highest BCUT2D eigenvalue weighted by Gasteiger charge is 2.08. The standard InChI is InChI=1S/C8H7N3O2/c1-10-9-8(12)6-4-2-3-5-7(6)11(10)13/h2-5H,1H3/p+1. The summed E-state index contributed by atoms with van der Waals surface area (Å²) >= 11 is 0. The van der Waals surface area contributed by atoms with Crippen LogP contribution in [0.25, 0.3) is 10.9 Å². The molecule has 0 aliphatic carbocycles. The monoisotopic (exact) mass is 178 g/mol. The molecule has 0 aliphatic heterocycles. The van der Waals surface area contributed by atoms with E-state index in [0.717, 1.165) is 4.80 Å². The van der Waals surface area contributed by atoms with Crippen LogP contribution in [0.3, 0.4) is 0 Å². The number of para-hydroxylation sites is 1. The lowest BCUT2D eigenvalue weighted by Gasteiger charge is -1.91. The van der Waals surface area contributed by atoms with Gasteiger partial charge in [-0.2, -0.15) is 0 Å². The Morgan fingerprint density at radius 2 is 2.08 bits per heavy atom. The largest absolute Gasteiger partial charge is 0.361 e. The van der Waals surface area contributed by atoms with Gasteiger partial charge in [0, 0.05) is 0 Å². The third-order valence-corrected chi connectivity index (χ3v) is 1.89. The molecule has 0 bridgehead atoms. The third kappa shape index (κ3) is 1.05. The molecule has 13 heavy (non-hydrogen) atoms. The van der Waals surface area contributed by atoms with E-state index < -0.39 is 0 Å². The van der Waals surface area contributed by atoms with Crippen molar-refractivity contribution in [1.29, 1.82) is 0 Å². The van der Waals surface area contributed by atoms with E-state index in [9.17, 15) is 9.70 Å². The van der Waals surface area contributed by atoms with E-state index in [1.54, 1.807) is 24.3 Å². The first kappa shape index (κ1) is 7.72. The second-order valence-electron chi connectivity index (χ2n) is 2.75. The Labute approximate surface area is 72.8 Å². The van der Waals surface area contributed by atoms with Crippen molar-refractivity contribution in [2.75, 3.05) is 0 Å². The van der Waals surface area contributed by atoms with Gasteiger partial charge >= 0.3 is 5.56 Å². The molecular formula is C8H8N3O2+. The molecule has 5 heteroatoms. The van der Waals surface area contributed by atoms with E-state index in [1.165, 1.54) is 7.05 Å². The van der Waals surface area contributed by atoms with E-state index in [-0.39, 0.29) is 5.56 Å². The summed E-state index contributed by atoms with van der Waals surface area (Å²) in [6.07, 6.45) is 0. The summed E-state index contributed by atoms with van der Waals surface area (Å²) in [4.78, 5) is 23.8. The van der Waals surface area contributed by atoms with Crippen molar-refractivity contribution >= 4 is 10.9 Å². The van der Waals surface area contributed by atoms with Gasteiger partial charge in [-0.25, -0.2) is 4.79 Å². The van der Waals surface area contributed by atoms with Gasteiger partial charge in [-0.05, 0) is 21.8 Å². The Hall–Kier alpha value is -1.91. The van der Waals surface area contributed by atoms with Crippen LogP contribution in [0, 0.1) is 4.91 Å². The molecule has 1 aromatic carbocycles. The van der Waals surface area contributed by atoms with E-state index in [1.807, 2.05) is 0 Å². The Morgan fingerprint density at radius 3 is 2.85 bits per heavy atom. The van der Waals surface area contributed by atoms with E-state index in [4.69, 9.17) is 0 Å². The maximum atomic E-state index is 11.4. The number of fused-ring (bicyclic) bond motifs is 1. The quantitative estimate of drug-likeness (QED) is 0.567. The minimum atomic E-state index is -0.259. The van der Waals surface area contributed by atoms with Crippen LogP contribution >= 0.6 is 0 Å². The van der Waals surface area contributed by atoms with Crippen molar-refractivity contribution in [2.45, 2.75) is 0 Å². The molecule has 0 saturated carbocycles. The fourth-order valence-corrected chi connectivity index (χ4v) is 1.25. The van der Waals surface area contributed by atoms with Crippen LogP contribution in [-0.4, -0.2) is 9.90 Å². The van der Waals surface area contributed by atoms with Crippen LogP contribution in [0.15, 0.2) is 29.1 Å². The molecule has 0 fully saturated rings. The van der Waals surface area contributed by atoms with Gasteiger partial charge in [-0.1, -0.05) is 12.1 Å². The summed E-state index contributed by atoms with van der Waals surface area (Å²) in [7, 11) is 1.49. The lowest BCUT2D eigenvalue weighted by molar-refractivity contribution is -0.577. The molecule has 0 atom stereocenters. The van der Waals surface area contributed by atoms with Crippen molar-refractivity contribution in [3.05, 3.63) is 39.5 Å². The second-order valence-corrected chi connectivity index (χ2v) is 2.75. The molecule has 0 radical (unpaired) electrons. The molecule has 1 aromatic heterocycles. The van der Waals surface area contributed by atoms with Crippen molar-refractivity contribution in [3.8, 4) is 0 Å². The highest BCUT2D eigenvalue weighted by molar-refractivity contribution is 5.73. The minimum absolute atomic E-state index is 0.259. The van der Waals surface area contributed by atoms with Crippen LogP contribution in [0.5, 0.6) is 0 Å². The van der Waals surface area contributed by atoms with Crippen LogP contribution in [-0.2, 0) is 7.05 Å². The highest BCUT2D eigenvalue weighted by atomic mass is 16.3. The number of hydrogen-bond acceptors (Lipinski definition) is 2. The normalized spacial score (nSPS) is 10.5. The number of aromatic amines is 1. The van der Waals surface area contributed by atoms with E-state index in [2.05, 4.69) is 5.10 Å². The number of nitrogens with one attached hydrogen (secondary N) is 1. The fraction of sp³-hybridized carbons (Fsp3) is 0.125. The zero-order valence-electron chi connectivity index (χ0n) is 7.02. The van der Waals surface area contributed by atoms with Crippen LogP contribution in [0.2, 0.25) is 0 Å². The van der Waals surface area contributed by atoms with Gasteiger partial charge in [-0.15, -0.1) is 5.10 Å². The number of aromatic nitrogens is 3. The average Bonchev–Trinajstić information content (AvgIpc) is 2.15. The Kier molecular flexibility index (Phi) is 1.51. The first-order valence-electron chi connectivity index (χ1n) is 3.81. The predicted molar refractivity (Wildman–Crippen MR) is 46.9 cm³/mol. The van der Waals surface area contributed by atoms with Crippen molar-refractivity contribution < 1.29 is 4.54 Å². The number of rotatable bonds is 0. The summed E-state index contributed by atoms with van der Waals surface area (Å²) in [5.74, 6) is 0. The second kappa shape index (κ2) is 2.55. The van der Waals surface area contributed by atoms with Crippen molar-refractivity contribution in [2.24, 2.45) is 7.05 Å². The molecule has 0 aliphatic rings. The number of benzene rings is 1. The number of nitrogens with zero attached hydrogens (tertiary/aromatic N) is 2. The molecule has 0 saturated heterocycles. The molecule has 5 nitrogen and oxygen atoms in total. The maximum absolute atomic E-state index is 11.4. The fourth-order valence-electron chi connectivity index (χ4n) is 1.25. The topological polar surface area (TPSA) is 60.8 Å². The van der Waals surface area contributed by atoms with Crippen molar-refractivity contribution in [1.82, 2.24) is 9.90 Å². The predicted octanol–water partition coefficient (Wildman–Crippen LogP) is -0.219. The first-order valence-corrected chi connectivity index (χ1v) is 3.81. The average molecular weight is 178 g/mol. The zero-order valence-corrected chi connectivity index (χ0v) is 7.02. The SMILES string of the molecule is Cn1[nH]c(=O)c2ccccc2[n+]1=O.